The van der Waals surface area contributed by atoms with Crippen LogP contribution >= 0.6 is 0 Å². The lowest BCUT2D eigenvalue weighted by Gasteiger charge is -2.26. The molecule has 0 fully saturated rings. The van der Waals surface area contributed by atoms with Crippen molar-refractivity contribution in [1.29, 1.82) is 0 Å². The Bertz CT molecular complexity index is 313. The van der Waals surface area contributed by atoms with Crippen molar-refractivity contribution < 1.29 is 19.1 Å². The van der Waals surface area contributed by atoms with E-state index < -0.39 is 6.10 Å². The van der Waals surface area contributed by atoms with Gasteiger partial charge in [0.1, 0.15) is 12.7 Å². The van der Waals surface area contributed by atoms with Crippen LogP contribution in [0.2, 0.25) is 0 Å². The molecule has 0 bridgehead atoms. The summed E-state index contributed by atoms with van der Waals surface area (Å²) >= 11 is 0. The number of ether oxygens (including phenoxy) is 2. The van der Waals surface area contributed by atoms with Crippen LogP contribution in [0, 0.1) is 5.92 Å². The van der Waals surface area contributed by atoms with E-state index in [9.17, 15) is 9.59 Å². The van der Waals surface area contributed by atoms with Crippen molar-refractivity contribution in [3.05, 3.63) is 0 Å². The van der Waals surface area contributed by atoms with Crippen LogP contribution < -0.4 is 0 Å². The van der Waals surface area contributed by atoms with E-state index in [0.29, 0.717) is 26.2 Å². The van der Waals surface area contributed by atoms with Crippen LogP contribution in [-0.4, -0.2) is 60.9 Å². The molecule has 0 aromatic rings. The first kappa shape index (κ1) is 19.5. The van der Waals surface area contributed by atoms with E-state index in [-0.39, 0.29) is 24.7 Å². The normalized spacial score (nSPS) is 12.0. The molecule has 1 unspecified atom stereocenters. The quantitative estimate of drug-likeness (QED) is 0.691. The van der Waals surface area contributed by atoms with Crippen molar-refractivity contribution in [3.63, 3.8) is 0 Å². The van der Waals surface area contributed by atoms with Gasteiger partial charge in [0, 0.05) is 26.2 Å². The van der Waals surface area contributed by atoms with Crippen molar-refractivity contribution in [2.75, 3.05) is 32.8 Å². The van der Waals surface area contributed by atoms with Crippen LogP contribution in [0.4, 0.5) is 9.59 Å². The largest absolute Gasteiger partial charge is 0.445 e. The minimum absolute atomic E-state index is 0.0778. The van der Waals surface area contributed by atoms with Crippen LogP contribution in [0.25, 0.3) is 0 Å². The van der Waals surface area contributed by atoms with Crippen molar-refractivity contribution in [1.82, 2.24) is 9.80 Å². The third-order valence-corrected chi connectivity index (χ3v) is 3.41. The standard InChI is InChI=1S/C15H30N2O4/c1-7-16(8-2)14(18)20-11-13(12(5)6)21-15(19)17(9-3)10-4/h12-13H,7-11H2,1-6H3. The zero-order valence-electron chi connectivity index (χ0n) is 14.2. The molecular weight excluding hydrogens is 272 g/mol. The summed E-state index contributed by atoms with van der Waals surface area (Å²) in [6, 6.07) is 0. The SMILES string of the molecule is CCN(CC)C(=O)OCC(OC(=O)N(CC)CC)C(C)C. The maximum Gasteiger partial charge on any atom is 0.410 e. The highest BCUT2D eigenvalue weighted by Crippen LogP contribution is 2.10. The maximum absolute atomic E-state index is 12.0. The Morgan fingerprint density at radius 2 is 1.29 bits per heavy atom. The predicted octanol–water partition coefficient (Wildman–Crippen LogP) is 2.97. The first-order chi connectivity index (χ1) is 9.90. The molecule has 6 heteroatoms. The van der Waals surface area contributed by atoms with Crippen LogP contribution in [0.1, 0.15) is 41.5 Å². The van der Waals surface area contributed by atoms with Gasteiger partial charge < -0.3 is 19.3 Å². The van der Waals surface area contributed by atoms with Crippen molar-refractivity contribution >= 4 is 12.2 Å². The Balaban J connectivity index is 4.51. The van der Waals surface area contributed by atoms with Crippen LogP contribution in [0.15, 0.2) is 0 Å². The monoisotopic (exact) mass is 302 g/mol. The molecule has 6 nitrogen and oxygen atoms in total. The molecule has 0 saturated carbocycles. The highest BCUT2D eigenvalue weighted by molar-refractivity contribution is 5.68. The van der Waals surface area contributed by atoms with E-state index in [4.69, 9.17) is 9.47 Å². The summed E-state index contributed by atoms with van der Waals surface area (Å²) < 4.78 is 10.7. The molecule has 0 heterocycles. The van der Waals surface area contributed by atoms with Crippen molar-refractivity contribution in [2.45, 2.75) is 47.6 Å². The van der Waals surface area contributed by atoms with Crippen molar-refractivity contribution in [2.24, 2.45) is 5.92 Å². The minimum atomic E-state index is -0.433. The Labute approximate surface area is 128 Å². The van der Waals surface area contributed by atoms with E-state index >= 15 is 0 Å². The Kier molecular flexibility index (Phi) is 9.58. The second kappa shape index (κ2) is 10.3. The van der Waals surface area contributed by atoms with Gasteiger partial charge in [-0.3, -0.25) is 0 Å². The topological polar surface area (TPSA) is 59.1 Å². The summed E-state index contributed by atoms with van der Waals surface area (Å²) in [5.41, 5.74) is 0. The first-order valence-corrected chi connectivity index (χ1v) is 7.78. The minimum Gasteiger partial charge on any atom is -0.445 e. The zero-order valence-corrected chi connectivity index (χ0v) is 14.2. The Morgan fingerprint density at radius 1 is 0.857 bits per heavy atom. The lowest BCUT2D eigenvalue weighted by molar-refractivity contribution is -0.00122. The zero-order chi connectivity index (χ0) is 16.4. The predicted molar refractivity (Wildman–Crippen MR) is 82.3 cm³/mol. The van der Waals surface area contributed by atoms with E-state index in [1.165, 1.54) is 0 Å². The summed E-state index contributed by atoms with van der Waals surface area (Å²) in [6.07, 6.45) is -1.17. The average molecular weight is 302 g/mol. The van der Waals surface area contributed by atoms with Gasteiger partial charge in [-0.05, 0) is 33.6 Å². The van der Waals surface area contributed by atoms with Gasteiger partial charge in [-0.25, -0.2) is 9.59 Å². The third kappa shape index (κ3) is 6.69. The fourth-order valence-corrected chi connectivity index (χ4v) is 1.77. The van der Waals surface area contributed by atoms with Gasteiger partial charge in [-0.2, -0.15) is 0 Å². The molecule has 0 spiro atoms. The summed E-state index contributed by atoms with van der Waals surface area (Å²) in [6.45, 7) is 13.9. The van der Waals surface area contributed by atoms with E-state index in [1.54, 1.807) is 9.80 Å². The van der Waals surface area contributed by atoms with E-state index in [2.05, 4.69) is 0 Å². The van der Waals surface area contributed by atoms with Crippen LogP contribution in [0.3, 0.4) is 0 Å². The highest BCUT2D eigenvalue weighted by atomic mass is 16.6. The number of amides is 2. The fraction of sp³-hybridized carbons (Fsp3) is 0.867. The summed E-state index contributed by atoms with van der Waals surface area (Å²) in [4.78, 5) is 27.0. The van der Waals surface area contributed by atoms with Crippen molar-refractivity contribution in [3.8, 4) is 0 Å². The van der Waals surface area contributed by atoms with Gasteiger partial charge in [0.05, 0.1) is 0 Å². The first-order valence-electron chi connectivity index (χ1n) is 7.78. The second-order valence-corrected chi connectivity index (χ2v) is 5.09. The second-order valence-electron chi connectivity index (χ2n) is 5.09. The smallest absolute Gasteiger partial charge is 0.410 e. The number of carbonyl (C=O) groups is 2. The molecule has 124 valence electrons. The molecule has 1 atom stereocenters. The van der Waals surface area contributed by atoms with Crippen LogP contribution in [0.5, 0.6) is 0 Å². The number of hydrogen-bond acceptors (Lipinski definition) is 4. The molecule has 0 aliphatic rings. The molecule has 0 N–H and O–H groups in total. The molecule has 2 amide bonds. The van der Waals surface area contributed by atoms with E-state index in [0.717, 1.165) is 0 Å². The van der Waals surface area contributed by atoms with Gasteiger partial charge in [0.2, 0.25) is 0 Å². The van der Waals surface area contributed by atoms with Crippen LogP contribution in [-0.2, 0) is 9.47 Å². The molecule has 0 aromatic carbocycles. The molecular formula is C15H30N2O4. The lowest BCUT2D eigenvalue weighted by Crippen LogP contribution is -2.39. The molecule has 0 aromatic heterocycles. The number of nitrogens with zero attached hydrogens (tertiary/aromatic N) is 2. The number of carbonyl (C=O) groups excluding carboxylic acids is 2. The van der Waals surface area contributed by atoms with Gasteiger partial charge >= 0.3 is 12.2 Å². The highest BCUT2D eigenvalue weighted by Gasteiger charge is 2.23. The summed E-state index contributed by atoms with van der Waals surface area (Å²) in [5, 5.41) is 0. The molecule has 21 heavy (non-hydrogen) atoms. The van der Waals surface area contributed by atoms with Gasteiger partial charge in [-0.1, -0.05) is 13.8 Å². The molecule has 0 saturated heterocycles. The number of rotatable bonds is 8. The molecule has 0 rings (SSSR count). The summed E-state index contributed by atoms with van der Waals surface area (Å²) in [5.74, 6) is 0.0778. The maximum atomic E-state index is 12.0. The molecule has 0 aliphatic heterocycles. The summed E-state index contributed by atoms with van der Waals surface area (Å²) in [7, 11) is 0. The Hall–Kier alpha value is -1.46. The third-order valence-electron chi connectivity index (χ3n) is 3.41. The van der Waals surface area contributed by atoms with Gasteiger partial charge in [-0.15, -0.1) is 0 Å². The Morgan fingerprint density at radius 3 is 1.67 bits per heavy atom. The molecule has 0 radical (unpaired) electrons. The van der Waals surface area contributed by atoms with E-state index in [1.807, 2.05) is 41.5 Å². The lowest BCUT2D eigenvalue weighted by atomic mass is 10.1. The van der Waals surface area contributed by atoms with Gasteiger partial charge in [0.15, 0.2) is 0 Å². The number of hydrogen-bond donors (Lipinski definition) is 0. The fourth-order valence-electron chi connectivity index (χ4n) is 1.77. The average Bonchev–Trinajstić information content (AvgIpc) is 2.45. The van der Waals surface area contributed by atoms with Gasteiger partial charge in [0.25, 0.3) is 0 Å². The molecule has 0 aliphatic carbocycles.